The van der Waals surface area contributed by atoms with E-state index in [0.29, 0.717) is 6.61 Å². The summed E-state index contributed by atoms with van der Waals surface area (Å²) in [5.74, 6) is 0. The molecule has 0 saturated carbocycles. The van der Waals surface area contributed by atoms with Gasteiger partial charge in [-0.1, -0.05) is 83.3 Å². The lowest BCUT2D eigenvalue weighted by atomic mass is 10.1. The van der Waals surface area contributed by atoms with Gasteiger partial charge in [-0.05, 0) is 32.1 Å². The number of ether oxygens (including phenoxy) is 2. The minimum atomic E-state index is -1.05. The van der Waals surface area contributed by atoms with Gasteiger partial charge in [0.25, 0.3) is 0 Å². The molecule has 1 aliphatic rings. The van der Waals surface area contributed by atoms with Crippen LogP contribution in [0.15, 0.2) is 12.2 Å². The highest BCUT2D eigenvalue weighted by molar-refractivity contribution is 4.88. The maximum absolute atomic E-state index is 10.1. The van der Waals surface area contributed by atoms with Gasteiger partial charge in [-0.15, -0.1) is 0 Å². The lowest BCUT2D eigenvalue weighted by Crippen LogP contribution is -2.41. The van der Waals surface area contributed by atoms with Crippen LogP contribution in [-0.2, 0) is 9.47 Å². The van der Waals surface area contributed by atoms with Crippen LogP contribution in [0.25, 0.3) is 0 Å². The van der Waals surface area contributed by atoms with Crippen molar-refractivity contribution in [3.05, 3.63) is 12.2 Å². The van der Waals surface area contributed by atoms with Crippen molar-refractivity contribution in [1.29, 1.82) is 0 Å². The molecule has 1 fully saturated rings. The lowest BCUT2D eigenvalue weighted by Gasteiger charge is -2.20. The third-order valence-corrected chi connectivity index (χ3v) is 5.97. The van der Waals surface area contributed by atoms with E-state index in [4.69, 9.17) is 14.6 Å². The summed E-state index contributed by atoms with van der Waals surface area (Å²) in [5.41, 5.74) is 0. The van der Waals surface area contributed by atoms with Crippen LogP contribution in [0.1, 0.15) is 103 Å². The van der Waals surface area contributed by atoms with Crippen molar-refractivity contribution in [2.75, 3.05) is 19.8 Å². The zero-order chi connectivity index (χ0) is 21.9. The van der Waals surface area contributed by atoms with E-state index in [0.717, 1.165) is 12.8 Å². The van der Waals surface area contributed by atoms with Crippen molar-refractivity contribution in [2.45, 2.75) is 128 Å². The second-order valence-electron chi connectivity index (χ2n) is 8.74. The van der Waals surface area contributed by atoms with Gasteiger partial charge in [0.2, 0.25) is 0 Å². The Bertz CT molecular complexity index is 401. The molecule has 0 spiro atoms. The van der Waals surface area contributed by atoms with E-state index in [-0.39, 0.29) is 6.61 Å². The van der Waals surface area contributed by atoms with E-state index in [1.165, 1.54) is 83.5 Å². The molecule has 30 heavy (non-hydrogen) atoms. The molecular weight excluding hydrogens is 380 g/mol. The summed E-state index contributed by atoms with van der Waals surface area (Å²) in [6.45, 7) is 2.73. The normalized spacial score (nSPS) is 22.9. The maximum Gasteiger partial charge on any atom is 0.114 e. The predicted molar refractivity (Wildman–Crippen MR) is 123 cm³/mol. The van der Waals surface area contributed by atoms with Gasteiger partial charge in [-0.2, -0.15) is 0 Å². The number of rotatable bonds is 20. The fourth-order valence-electron chi connectivity index (χ4n) is 3.97. The van der Waals surface area contributed by atoms with E-state index in [2.05, 4.69) is 19.1 Å². The van der Waals surface area contributed by atoms with Crippen molar-refractivity contribution < 1.29 is 24.8 Å². The van der Waals surface area contributed by atoms with Crippen molar-refractivity contribution in [1.82, 2.24) is 0 Å². The highest BCUT2D eigenvalue weighted by Crippen LogP contribution is 2.20. The summed E-state index contributed by atoms with van der Waals surface area (Å²) in [5, 5.41) is 28.6. The highest BCUT2D eigenvalue weighted by Gasteiger charge is 2.40. The van der Waals surface area contributed by atoms with Crippen molar-refractivity contribution in [2.24, 2.45) is 0 Å². The second kappa shape index (κ2) is 19.2. The first kappa shape index (κ1) is 27.6. The third-order valence-electron chi connectivity index (χ3n) is 5.97. The van der Waals surface area contributed by atoms with Gasteiger partial charge < -0.3 is 24.8 Å². The molecule has 1 heterocycles. The zero-order valence-electron chi connectivity index (χ0n) is 19.4. The average Bonchev–Trinajstić information content (AvgIpc) is 3.12. The van der Waals surface area contributed by atoms with Gasteiger partial charge in [0, 0.05) is 6.61 Å². The molecule has 5 heteroatoms. The van der Waals surface area contributed by atoms with E-state index in [1.54, 1.807) is 0 Å². The summed E-state index contributed by atoms with van der Waals surface area (Å²) < 4.78 is 11.0. The van der Waals surface area contributed by atoms with Crippen LogP contribution in [0.2, 0.25) is 0 Å². The van der Waals surface area contributed by atoms with Gasteiger partial charge in [0.15, 0.2) is 0 Å². The van der Waals surface area contributed by atoms with E-state index in [9.17, 15) is 10.2 Å². The van der Waals surface area contributed by atoms with Crippen LogP contribution in [0.5, 0.6) is 0 Å². The zero-order valence-corrected chi connectivity index (χ0v) is 19.4. The summed E-state index contributed by atoms with van der Waals surface area (Å²) in [7, 11) is 0. The third kappa shape index (κ3) is 13.1. The smallest absolute Gasteiger partial charge is 0.114 e. The quantitative estimate of drug-likeness (QED) is 0.190. The largest absolute Gasteiger partial charge is 0.394 e. The molecule has 3 N–H and O–H groups in total. The molecule has 0 aliphatic carbocycles. The first-order chi connectivity index (χ1) is 14.7. The molecule has 5 nitrogen and oxygen atoms in total. The van der Waals surface area contributed by atoms with Crippen molar-refractivity contribution in [3.63, 3.8) is 0 Å². The Morgan fingerprint density at radius 3 is 1.97 bits per heavy atom. The molecule has 4 atom stereocenters. The van der Waals surface area contributed by atoms with Gasteiger partial charge in [0.1, 0.15) is 24.4 Å². The Kier molecular flexibility index (Phi) is 17.7. The average molecular weight is 429 g/mol. The van der Waals surface area contributed by atoms with Crippen molar-refractivity contribution >= 4 is 0 Å². The second-order valence-corrected chi connectivity index (χ2v) is 8.74. The van der Waals surface area contributed by atoms with Crippen LogP contribution in [0.4, 0.5) is 0 Å². The molecule has 0 aromatic carbocycles. The Morgan fingerprint density at radius 2 is 1.40 bits per heavy atom. The maximum atomic E-state index is 10.1. The Balaban J connectivity index is 1.80. The SMILES string of the molecule is CCCCC/C=C/CCCCCCCCCCCCO[C@H]1CO[C@H]([C@H](O)CO)[C@@H]1O. The van der Waals surface area contributed by atoms with E-state index in [1.807, 2.05) is 0 Å². The van der Waals surface area contributed by atoms with Gasteiger partial charge in [0.05, 0.1) is 13.2 Å². The number of hydrogen-bond donors (Lipinski definition) is 3. The molecule has 1 aliphatic heterocycles. The fourth-order valence-corrected chi connectivity index (χ4v) is 3.97. The van der Waals surface area contributed by atoms with Crippen LogP contribution >= 0.6 is 0 Å². The van der Waals surface area contributed by atoms with E-state index < -0.39 is 31.0 Å². The lowest BCUT2D eigenvalue weighted by molar-refractivity contribution is -0.0730. The first-order valence-electron chi connectivity index (χ1n) is 12.6. The molecular formula is C25H48O5. The number of aliphatic hydroxyl groups is 3. The van der Waals surface area contributed by atoms with E-state index >= 15 is 0 Å². The molecule has 0 aromatic heterocycles. The van der Waals surface area contributed by atoms with Crippen LogP contribution in [0, 0.1) is 0 Å². The fraction of sp³-hybridized carbons (Fsp3) is 0.920. The molecule has 0 unspecified atom stereocenters. The van der Waals surface area contributed by atoms with Crippen LogP contribution < -0.4 is 0 Å². The van der Waals surface area contributed by atoms with Crippen molar-refractivity contribution in [3.8, 4) is 0 Å². The summed E-state index contributed by atoms with van der Waals surface area (Å²) in [6, 6.07) is 0. The Hall–Kier alpha value is -0.460. The minimum Gasteiger partial charge on any atom is -0.394 e. The number of aliphatic hydroxyl groups excluding tert-OH is 3. The van der Waals surface area contributed by atoms with Gasteiger partial charge in [-0.25, -0.2) is 0 Å². The molecule has 0 amide bonds. The number of unbranched alkanes of at least 4 members (excludes halogenated alkanes) is 13. The first-order valence-corrected chi connectivity index (χ1v) is 12.6. The standard InChI is InChI=1S/C25H48O5/c1-2-3-4-5-6-7-8-9-10-11-12-13-14-15-16-17-18-19-29-23-21-30-25(24(23)28)22(27)20-26/h6-7,22-28H,2-5,8-21H2,1H3/b7-6+/t22-,23+,24-,25-/m1/s1. The molecule has 0 bridgehead atoms. The number of hydrogen-bond acceptors (Lipinski definition) is 5. The number of allylic oxidation sites excluding steroid dienone is 2. The van der Waals surface area contributed by atoms with Gasteiger partial charge in [-0.3, -0.25) is 0 Å². The summed E-state index contributed by atoms with van der Waals surface area (Å²) >= 11 is 0. The summed E-state index contributed by atoms with van der Waals surface area (Å²) in [4.78, 5) is 0. The van der Waals surface area contributed by atoms with Crippen LogP contribution in [-0.4, -0.2) is 59.6 Å². The molecule has 0 radical (unpaired) electrons. The molecule has 0 aromatic rings. The monoisotopic (exact) mass is 428 g/mol. The molecule has 1 rings (SSSR count). The van der Waals surface area contributed by atoms with Crippen LogP contribution in [0.3, 0.4) is 0 Å². The molecule has 178 valence electrons. The summed E-state index contributed by atoms with van der Waals surface area (Å²) in [6.07, 6.45) is 21.0. The minimum absolute atomic E-state index is 0.276. The topological polar surface area (TPSA) is 79.2 Å². The predicted octanol–water partition coefficient (Wildman–Crippen LogP) is 4.91. The highest BCUT2D eigenvalue weighted by atomic mass is 16.6. The Labute approximate surface area is 184 Å². The molecule has 1 saturated heterocycles. The Morgan fingerprint density at radius 1 is 0.867 bits per heavy atom. The van der Waals surface area contributed by atoms with Gasteiger partial charge >= 0.3 is 0 Å².